The van der Waals surface area contributed by atoms with Gasteiger partial charge in [-0.05, 0) is 12.8 Å². The van der Waals surface area contributed by atoms with E-state index >= 15 is 0 Å². The molecule has 0 spiro atoms. The van der Waals surface area contributed by atoms with Gasteiger partial charge in [0, 0.05) is 6.04 Å². The second-order valence-electron chi connectivity index (χ2n) is 3.75. The van der Waals surface area contributed by atoms with E-state index in [9.17, 15) is 4.79 Å². The Morgan fingerprint density at radius 3 is 2.94 bits per heavy atom. The van der Waals surface area contributed by atoms with Crippen molar-refractivity contribution in [3.05, 3.63) is 18.1 Å². The predicted octanol–water partition coefficient (Wildman–Crippen LogP) is 0.198. The summed E-state index contributed by atoms with van der Waals surface area (Å²) in [6, 6.07) is 0.206. The summed E-state index contributed by atoms with van der Waals surface area (Å²) in [7, 11) is 1.30. The molecule has 1 aliphatic carbocycles. The first-order valence-electron chi connectivity index (χ1n) is 5.04. The number of esters is 1. The van der Waals surface area contributed by atoms with E-state index in [0.29, 0.717) is 18.7 Å². The summed E-state index contributed by atoms with van der Waals surface area (Å²) in [6.07, 6.45) is 4.06. The molecule has 1 aliphatic rings. The molecule has 1 fully saturated rings. The lowest BCUT2D eigenvalue weighted by Gasteiger charge is -2.32. The minimum atomic E-state index is -0.509. The Morgan fingerprint density at radius 1 is 1.56 bits per heavy atom. The number of ether oxygens (including phenoxy) is 1. The van der Waals surface area contributed by atoms with Crippen LogP contribution in [0.4, 0.5) is 5.82 Å². The zero-order valence-corrected chi connectivity index (χ0v) is 8.88. The van der Waals surface area contributed by atoms with E-state index in [-0.39, 0.29) is 17.8 Å². The molecule has 16 heavy (non-hydrogen) atoms. The molecule has 1 aromatic rings. The SMILES string of the molecule is COC(=O)c1cncc(NC2CC(O)C2)n1. The summed E-state index contributed by atoms with van der Waals surface area (Å²) < 4.78 is 4.54. The number of hydrogen-bond donors (Lipinski definition) is 2. The molecule has 2 rings (SSSR count). The van der Waals surface area contributed by atoms with Gasteiger partial charge in [-0.25, -0.2) is 9.78 Å². The third kappa shape index (κ3) is 2.27. The molecule has 2 N–H and O–H groups in total. The van der Waals surface area contributed by atoms with E-state index in [1.807, 2.05) is 0 Å². The van der Waals surface area contributed by atoms with Gasteiger partial charge in [-0.2, -0.15) is 0 Å². The maximum atomic E-state index is 11.2. The van der Waals surface area contributed by atoms with E-state index in [1.165, 1.54) is 19.5 Å². The van der Waals surface area contributed by atoms with Gasteiger partial charge < -0.3 is 15.2 Å². The van der Waals surface area contributed by atoms with E-state index < -0.39 is 5.97 Å². The minimum Gasteiger partial charge on any atom is -0.464 e. The Hall–Kier alpha value is -1.69. The Labute approximate surface area is 92.7 Å². The highest BCUT2D eigenvalue weighted by molar-refractivity contribution is 5.87. The molecule has 6 nitrogen and oxygen atoms in total. The number of methoxy groups -OCH3 is 1. The molecule has 0 saturated heterocycles. The fourth-order valence-corrected chi connectivity index (χ4v) is 1.55. The van der Waals surface area contributed by atoms with Crippen LogP contribution in [0.1, 0.15) is 23.3 Å². The number of aromatic nitrogens is 2. The highest BCUT2D eigenvalue weighted by Gasteiger charge is 2.27. The summed E-state index contributed by atoms with van der Waals surface area (Å²) in [5, 5.41) is 12.2. The molecule has 0 radical (unpaired) electrons. The summed E-state index contributed by atoms with van der Waals surface area (Å²) in [4.78, 5) is 19.2. The zero-order valence-electron chi connectivity index (χ0n) is 8.88. The second kappa shape index (κ2) is 4.44. The van der Waals surface area contributed by atoms with Crippen LogP contribution in [-0.4, -0.2) is 40.3 Å². The van der Waals surface area contributed by atoms with Crippen LogP contribution < -0.4 is 5.32 Å². The number of carbonyl (C=O) groups is 1. The summed E-state index contributed by atoms with van der Waals surface area (Å²) in [5.74, 6) is 0.0181. The van der Waals surface area contributed by atoms with Crippen molar-refractivity contribution in [2.75, 3.05) is 12.4 Å². The molecule has 1 aromatic heterocycles. The third-order valence-corrected chi connectivity index (χ3v) is 2.49. The van der Waals surface area contributed by atoms with Gasteiger partial charge in [0.05, 0.1) is 25.6 Å². The molecule has 1 heterocycles. The van der Waals surface area contributed by atoms with Crippen molar-refractivity contribution < 1.29 is 14.6 Å². The molecule has 6 heteroatoms. The zero-order chi connectivity index (χ0) is 11.5. The van der Waals surface area contributed by atoms with Crippen molar-refractivity contribution in [3.8, 4) is 0 Å². The molecule has 0 amide bonds. The van der Waals surface area contributed by atoms with Crippen molar-refractivity contribution in [3.63, 3.8) is 0 Å². The number of aliphatic hydroxyl groups excluding tert-OH is 1. The van der Waals surface area contributed by atoms with Crippen LogP contribution in [0.3, 0.4) is 0 Å². The molecular weight excluding hydrogens is 210 g/mol. The van der Waals surface area contributed by atoms with Gasteiger partial charge in [-0.15, -0.1) is 0 Å². The minimum absolute atomic E-state index is 0.173. The van der Waals surface area contributed by atoms with E-state index in [4.69, 9.17) is 5.11 Å². The molecule has 1 saturated carbocycles. The highest BCUT2D eigenvalue weighted by atomic mass is 16.5. The van der Waals surface area contributed by atoms with Gasteiger partial charge in [0.1, 0.15) is 5.82 Å². The quantitative estimate of drug-likeness (QED) is 0.712. The number of nitrogens with zero attached hydrogens (tertiary/aromatic N) is 2. The van der Waals surface area contributed by atoms with Crippen molar-refractivity contribution >= 4 is 11.8 Å². The molecule has 0 atom stereocenters. The molecule has 0 aliphatic heterocycles. The standard InChI is InChI=1S/C10H13N3O3/c1-16-10(15)8-4-11-5-9(13-8)12-6-2-7(14)3-6/h4-7,14H,2-3H2,1H3,(H,12,13). The molecule has 0 aromatic carbocycles. The van der Waals surface area contributed by atoms with Crippen LogP contribution in [0.15, 0.2) is 12.4 Å². The van der Waals surface area contributed by atoms with Gasteiger partial charge >= 0.3 is 5.97 Å². The number of hydrogen-bond acceptors (Lipinski definition) is 6. The smallest absolute Gasteiger partial charge is 0.358 e. The van der Waals surface area contributed by atoms with Gasteiger partial charge in [-0.1, -0.05) is 0 Å². The van der Waals surface area contributed by atoms with Crippen LogP contribution >= 0.6 is 0 Å². The lowest BCUT2D eigenvalue weighted by atomic mass is 9.90. The Balaban J connectivity index is 2.02. The van der Waals surface area contributed by atoms with Crippen molar-refractivity contribution in [1.29, 1.82) is 0 Å². The van der Waals surface area contributed by atoms with E-state index in [0.717, 1.165) is 0 Å². The lowest BCUT2D eigenvalue weighted by Crippen LogP contribution is -2.39. The monoisotopic (exact) mass is 223 g/mol. The van der Waals surface area contributed by atoms with Crippen LogP contribution in [0.5, 0.6) is 0 Å². The van der Waals surface area contributed by atoms with E-state index in [2.05, 4.69) is 20.0 Å². The predicted molar refractivity (Wildman–Crippen MR) is 56.0 cm³/mol. The lowest BCUT2D eigenvalue weighted by molar-refractivity contribution is 0.0593. The van der Waals surface area contributed by atoms with Crippen LogP contribution in [0.25, 0.3) is 0 Å². The van der Waals surface area contributed by atoms with Crippen LogP contribution in [0.2, 0.25) is 0 Å². The average molecular weight is 223 g/mol. The summed E-state index contributed by atoms with van der Waals surface area (Å²) in [6.45, 7) is 0. The van der Waals surface area contributed by atoms with Gasteiger partial charge in [0.25, 0.3) is 0 Å². The highest BCUT2D eigenvalue weighted by Crippen LogP contribution is 2.22. The van der Waals surface area contributed by atoms with Gasteiger partial charge in [-0.3, -0.25) is 4.98 Å². The largest absolute Gasteiger partial charge is 0.464 e. The van der Waals surface area contributed by atoms with E-state index in [1.54, 1.807) is 0 Å². The topological polar surface area (TPSA) is 84.3 Å². The first kappa shape index (κ1) is 10.8. The van der Waals surface area contributed by atoms with Gasteiger partial charge in [0.15, 0.2) is 5.69 Å². The normalized spacial score (nSPS) is 23.4. The first-order chi connectivity index (χ1) is 7.69. The maximum Gasteiger partial charge on any atom is 0.358 e. The summed E-state index contributed by atoms with van der Waals surface area (Å²) in [5.41, 5.74) is 0.173. The first-order valence-corrected chi connectivity index (χ1v) is 5.04. The number of aliphatic hydroxyl groups is 1. The fourth-order valence-electron chi connectivity index (χ4n) is 1.55. The third-order valence-electron chi connectivity index (χ3n) is 2.49. The maximum absolute atomic E-state index is 11.2. The average Bonchev–Trinajstić information content (AvgIpc) is 2.26. The van der Waals surface area contributed by atoms with Crippen LogP contribution in [-0.2, 0) is 4.74 Å². The molecule has 0 bridgehead atoms. The molecule has 86 valence electrons. The summed E-state index contributed by atoms with van der Waals surface area (Å²) >= 11 is 0. The Kier molecular flexibility index (Phi) is 3.00. The van der Waals surface area contributed by atoms with Crippen molar-refractivity contribution in [1.82, 2.24) is 9.97 Å². The van der Waals surface area contributed by atoms with Crippen LogP contribution in [0, 0.1) is 0 Å². The Morgan fingerprint density at radius 2 is 2.31 bits per heavy atom. The number of carbonyl (C=O) groups excluding carboxylic acids is 1. The molecular formula is C10H13N3O3. The number of nitrogens with one attached hydrogen (secondary N) is 1. The fraction of sp³-hybridized carbons (Fsp3) is 0.500. The second-order valence-corrected chi connectivity index (χ2v) is 3.75. The van der Waals surface area contributed by atoms with Gasteiger partial charge in [0.2, 0.25) is 0 Å². The number of rotatable bonds is 3. The Bertz CT molecular complexity index is 391. The number of anilines is 1. The molecule has 0 unspecified atom stereocenters. The van der Waals surface area contributed by atoms with Crippen molar-refractivity contribution in [2.45, 2.75) is 25.0 Å². The van der Waals surface area contributed by atoms with Crippen molar-refractivity contribution in [2.24, 2.45) is 0 Å².